The summed E-state index contributed by atoms with van der Waals surface area (Å²) < 4.78 is 1.55. The molecule has 1 aromatic heterocycles. The first-order valence-corrected chi connectivity index (χ1v) is 8.16. The third kappa shape index (κ3) is 3.30. The van der Waals surface area contributed by atoms with Crippen LogP contribution in [0.2, 0.25) is 0 Å². The first-order chi connectivity index (χ1) is 11.4. The van der Waals surface area contributed by atoms with Crippen molar-refractivity contribution >= 4 is 0 Å². The molecule has 0 aliphatic carbocycles. The van der Waals surface area contributed by atoms with Gasteiger partial charge in [-0.3, -0.25) is 4.79 Å². The Morgan fingerprint density at radius 2 is 1.54 bits per heavy atom. The maximum Gasteiger partial charge on any atom is 0.267 e. The van der Waals surface area contributed by atoms with Crippen molar-refractivity contribution in [3.63, 3.8) is 0 Å². The Labute approximate surface area is 142 Å². The second-order valence-corrected chi connectivity index (χ2v) is 6.46. The largest absolute Gasteiger partial charge is 0.268 e. The van der Waals surface area contributed by atoms with Gasteiger partial charge in [0.05, 0.1) is 12.2 Å². The van der Waals surface area contributed by atoms with E-state index >= 15 is 0 Å². The van der Waals surface area contributed by atoms with Gasteiger partial charge in [0.15, 0.2) is 0 Å². The van der Waals surface area contributed by atoms with Gasteiger partial charge in [-0.05, 0) is 50.5 Å². The molecular formula is C21H22N2O. The van der Waals surface area contributed by atoms with Crippen LogP contribution in [0.25, 0.3) is 11.3 Å². The van der Waals surface area contributed by atoms with E-state index in [1.807, 2.05) is 0 Å². The smallest absolute Gasteiger partial charge is 0.267 e. The van der Waals surface area contributed by atoms with Gasteiger partial charge in [-0.15, -0.1) is 0 Å². The van der Waals surface area contributed by atoms with Crippen LogP contribution >= 0.6 is 0 Å². The Morgan fingerprint density at radius 1 is 0.833 bits per heavy atom. The van der Waals surface area contributed by atoms with Crippen molar-refractivity contribution < 1.29 is 0 Å². The maximum absolute atomic E-state index is 12.2. The van der Waals surface area contributed by atoms with Crippen LogP contribution in [0.4, 0.5) is 0 Å². The number of aromatic nitrogens is 2. The zero-order valence-corrected chi connectivity index (χ0v) is 14.6. The molecule has 0 N–H and O–H groups in total. The van der Waals surface area contributed by atoms with Crippen LogP contribution in [0.5, 0.6) is 0 Å². The van der Waals surface area contributed by atoms with Crippen LogP contribution in [0.15, 0.2) is 53.3 Å². The number of aryl methyl sites for hydroxylation is 4. The summed E-state index contributed by atoms with van der Waals surface area (Å²) in [7, 11) is 0. The Hall–Kier alpha value is -2.68. The molecule has 1 heterocycles. The summed E-state index contributed by atoms with van der Waals surface area (Å²) in [5.74, 6) is 0. The number of hydrogen-bond donors (Lipinski definition) is 0. The van der Waals surface area contributed by atoms with Gasteiger partial charge in [0, 0.05) is 11.6 Å². The van der Waals surface area contributed by atoms with Gasteiger partial charge in [0.1, 0.15) is 0 Å². The average molecular weight is 318 g/mol. The molecule has 0 aliphatic rings. The zero-order valence-electron chi connectivity index (χ0n) is 14.6. The van der Waals surface area contributed by atoms with Gasteiger partial charge >= 0.3 is 0 Å². The van der Waals surface area contributed by atoms with Crippen molar-refractivity contribution in [1.29, 1.82) is 0 Å². The summed E-state index contributed by atoms with van der Waals surface area (Å²) in [6.07, 6.45) is 0. The van der Waals surface area contributed by atoms with Gasteiger partial charge < -0.3 is 0 Å². The number of rotatable bonds is 3. The monoisotopic (exact) mass is 318 g/mol. The molecule has 0 bridgehead atoms. The molecule has 0 radical (unpaired) electrons. The maximum atomic E-state index is 12.2. The number of hydrogen-bond acceptors (Lipinski definition) is 2. The van der Waals surface area contributed by atoms with E-state index in [0.29, 0.717) is 6.54 Å². The zero-order chi connectivity index (χ0) is 17.3. The topological polar surface area (TPSA) is 34.9 Å². The van der Waals surface area contributed by atoms with Crippen molar-refractivity contribution in [3.8, 4) is 11.3 Å². The van der Waals surface area contributed by atoms with Crippen LogP contribution < -0.4 is 5.56 Å². The minimum Gasteiger partial charge on any atom is -0.268 e. The van der Waals surface area contributed by atoms with Crippen LogP contribution in [-0.2, 0) is 6.54 Å². The molecule has 0 saturated carbocycles. The van der Waals surface area contributed by atoms with Gasteiger partial charge in [0.25, 0.3) is 5.56 Å². The minimum absolute atomic E-state index is 0.0792. The molecule has 0 spiro atoms. The highest BCUT2D eigenvalue weighted by atomic mass is 16.1. The molecule has 3 rings (SSSR count). The van der Waals surface area contributed by atoms with Crippen molar-refractivity contribution in [2.75, 3.05) is 0 Å². The standard InChI is InChI=1S/C21H22N2O/c1-14-6-8-19(17(4)11-14)20-9-10-21(24)23(22-20)13-18-12-15(2)5-7-16(18)3/h5-12H,13H2,1-4H3. The third-order valence-corrected chi connectivity index (χ3v) is 4.35. The second kappa shape index (κ2) is 6.44. The Kier molecular flexibility index (Phi) is 4.34. The fraction of sp³-hybridized carbons (Fsp3) is 0.238. The van der Waals surface area contributed by atoms with Gasteiger partial charge in [-0.2, -0.15) is 5.10 Å². The lowest BCUT2D eigenvalue weighted by molar-refractivity contribution is 0.640. The lowest BCUT2D eigenvalue weighted by atomic mass is 10.0. The highest BCUT2D eigenvalue weighted by molar-refractivity contribution is 5.63. The van der Waals surface area contributed by atoms with Gasteiger partial charge in [0.2, 0.25) is 0 Å². The minimum atomic E-state index is -0.0792. The van der Waals surface area contributed by atoms with Crippen molar-refractivity contribution in [1.82, 2.24) is 9.78 Å². The van der Waals surface area contributed by atoms with E-state index in [1.54, 1.807) is 16.8 Å². The van der Waals surface area contributed by atoms with Gasteiger partial charge in [-0.1, -0.05) is 47.5 Å². The molecule has 0 amide bonds. The Balaban J connectivity index is 2.03. The lowest BCUT2D eigenvalue weighted by Crippen LogP contribution is -2.23. The normalized spacial score (nSPS) is 10.8. The summed E-state index contributed by atoms with van der Waals surface area (Å²) in [5.41, 5.74) is 7.69. The molecule has 24 heavy (non-hydrogen) atoms. The van der Waals surface area contributed by atoms with E-state index in [9.17, 15) is 4.79 Å². The van der Waals surface area contributed by atoms with Gasteiger partial charge in [-0.25, -0.2) is 4.68 Å². The second-order valence-electron chi connectivity index (χ2n) is 6.46. The van der Waals surface area contributed by atoms with Crippen LogP contribution in [-0.4, -0.2) is 9.78 Å². The number of benzene rings is 2. The van der Waals surface area contributed by atoms with E-state index in [4.69, 9.17) is 0 Å². The Bertz CT molecular complexity index is 954. The summed E-state index contributed by atoms with van der Waals surface area (Å²) in [6, 6.07) is 16.0. The highest BCUT2D eigenvalue weighted by Gasteiger charge is 2.08. The van der Waals surface area contributed by atoms with E-state index < -0.39 is 0 Å². The van der Waals surface area contributed by atoms with Crippen molar-refractivity contribution in [2.24, 2.45) is 0 Å². The van der Waals surface area contributed by atoms with Crippen molar-refractivity contribution in [3.05, 3.63) is 86.7 Å². The summed E-state index contributed by atoms with van der Waals surface area (Å²) in [5, 5.41) is 4.60. The van der Waals surface area contributed by atoms with Crippen LogP contribution in [0.3, 0.4) is 0 Å². The number of nitrogens with zero attached hydrogens (tertiary/aromatic N) is 2. The average Bonchev–Trinajstić information content (AvgIpc) is 2.53. The Morgan fingerprint density at radius 3 is 2.29 bits per heavy atom. The van der Waals surface area contributed by atoms with E-state index in [-0.39, 0.29) is 5.56 Å². The van der Waals surface area contributed by atoms with Crippen LogP contribution in [0.1, 0.15) is 27.8 Å². The van der Waals surface area contributed by atoms with E-state index in [1.165, 1.54) is 22.3 Å². The molecule has 2 aromatic carbocycles. The molecule has 3 heteroatoms. The molecule has 0 aliphatic heterocycles. The molecule has 0 atom stereocenters. The molecule has 3 aromatic rings. The van der Waals surface area contributed by atoms with Crippen LogP contribution in [0, 0.1) is 27.7 Å². The SMILES string of the molecule is Cc1ccc(-c2ccc(=O)n(Cc3cc(C)ccc3C)n2)c(C)c1. The quantitative estimate of drug-likeness (QED) is 0.725. The first kappa shape index (κ1) is 16.2. The fourth-order valence-corrected chi connectivity index (χ4v) is 2.94. The molecule has 0 saturated heterocycles. The summed E-state index contributed by atoms with van der Waals surface area (Å²) >= 11 is 0. The first-order valence-electron chi connectivity index (χ1n) is 8.16. The summed E-state index contributed by atoms with van der Waals surface area (Å²) in [4.78, 5) is 12.2. The highest BCUT2D eigenvalue weighted by Crippen LogP contribution is 2.21. The van der Waals surface area contributed by atoms with E-state index in [0.717, 1.165) is 16.8 Å². The van der Waals surface area contributed by atoms with E-state index in [2.05, 4.69) is 69.2 Å². The van der Waals surface area contributed by atoms with Crippen molar-refractivity contribution in [2.45, 2.75) is 34.2 Å². The predicted molar refractivity (Wildman–Crippen MR) is 98.4 cm³/mol. The fourth-order valence-electron chi connectivity index (χ4n) is 2.94. The third-order valence-electron chi connectivity index (χ3n) is 4.35. The lowest BCUT2D eigenvalue weighted by Gasteiger charge is -2.11. The predicted octanol–water partition coefficient (Wildman–Crippen LogP) is 4.19. The molecule has 122 valence electrons. The molecular weight excluding hydrogens is 296 g/mol. The molecule has 3 nitrogen and oxygen atoms in total. The molecule has 0 fully saturated rings. The molecule has 0 unspecified atom stereocenters. The summed E-state index contributed by atoms with van der Waals surface area (Å²) in [6.45, 7) is 8.76.